The van der Waals surface area contributed by atoms with Crippen molar-refractivity contribution in [2.75, 3.05) is 6.54 Å². The predicted octanol–water partition coefficient (Wildman–Crippen LogP) is 3.34. The standard InChI is InChI=1S/C12H25N/c1-4-5-7-12(8-6-9-12)10-13-11(2)3/h11,13H,4-10H2,1-3H3. The summed E-state index contributed by atoms with van der Waals surface area (Å²) in [4.78, 5) is 0. The molecule has 0 aromatic heterocycles. The zero-order valence-electron chi connectivity index (χ0n) is 9.53. The Morgan fingerprint density at radius 2 is 2.00 bits per heavy atom. The molecule has 0 aromatic carbocycles. The van der Waals surface area contributed by atoms with Crippen LogP contribution in [0.15, 0.2) is 0 Å². The van der Waals surface area contributed by atoms with Crippen molar-refractivity contribution in [2.45, 2.75) is 65.3 Å². The van der Waals surface area contributed by atoms with E-state index in [0.29, 0.717) is 11.5 Å². The van der Waals surface area contributed by atoms with E-state index in [9.17, 15) is 0 Å². The van der Waals surface area contributed by atoms with Gasteiger partial charge in [0.05, 0.1) is 0 Å². The molecule has 1 saturated carbocycles. The second-order valence-electron chi connectivity index (χ2n) is 4.99. The molecule has 0 spiro atoms. The highest BCUT2D eigenvalue weighted by atomic mass is 14.9. The topological polar surface area (TPSA) is 12.0 Å². The minimum atomic E-state index is 0.652. The molecule has 0 heterocycles. The highest BCUT2D eigenvalue weighted by Gasteiger charge is 2.35. The van der Waals surface area contributed by atoms with E-state index < -0.39 is 0 Å². The molecule has 1 nitrogen and oxygen atoms in total. The molecule has 1 rings (SSSR count). The molecule has 0 saturated heterocycles. The summed E-state index contributed by atoms with van der Waals surface area (Å²) in [6.07, 6.45) is 8.61. The molecule has 0 radical (unpaired) electrons. The van der Waals surface area contributed by atoms with Gasteiger partial charge in [-0.1, -0.05) is 40.0 Å². The molecule has 78 valence electrons. The third-order valence-electron chi connectivity index (χ3n) is 3.36. The molecule has 0 bridgehead atoms. The Kier molecular flexibility index (Phi) is 4.24. The highest BCUT2D eigenvalue weighted by Crippen LogP contribution is 2.44. The minimum absolute atomic E-state index is 0.652. The van der Waals surface area contributed by atoms with Crippen LogP contribution in [0.2, 0.25) is 0 Å². The zero-order valence-corrected chi connectivity index (χ0v) is 9.53. The molecule has 1 heteroatoms. The maximum absolute atomic E-state index is 3.60. The van der Waals surface area contributed by atoms with Gasteiger partial charge in [0.25, 0.3) is 0 Å². The first-order valence-corrected chi connectivity index (χ1v) is 5.92. The van der Waals surface area contributed by atoms with Gasteiger partial charge in [-0.2, -0.15) is 0 Å². The van der Waals surface area contributed by atoms with Crippen LogP contribution in [0, 0.1) is 5.41 Å². The van der Waals surface area contributed by atoms with E-state index in [-0.39, 0.29) is 0 Å². The second kappa shape index (κ2) is 4.99. The average molecular weight is 183 g/mol. The van der Waals surface area contributed by atoms with Crippen LogP contribution in [0.4, 0.5) is 0 Å². The monoisotopic (exact) mass is 183 g/mol. The van der Waals surface area contributed by atoms with Gasteiger partial charge in [-0.3, -0.25) is 0 Å². The Labute approximate surface area is 83.3 Å². The van der Waals surface area contributed by atoms with Crippen molar-refractivity contribution in [1.82, 2.24) is 5.32 Å². The van der Waals surface area contributed by atoms with E-state index in [1.165, 1.54) is 45.1 Å². The van der Waals surface area contributed by atoms with E-state index >= 15 is 0 Å². The summed E-state index contributed by atoms with van der Waals surface area (Å²) in [6.45, 7) is 8.03. The van der Waals surface area contributed by atoms with Crippen molar-refractivity contribution in [3.8, 4) is 0 Å². The lowest BCUT2D eigenvalue weighted by Gasteiger charge is -2.43. The zero-order chi connectivity index (χ0) is 9.73. The molecule has 0 aliphatic heterocycles. The van der Waals surface area contributed by atoms with Crippen LogP contribution in [0.1, 0.15) is 59.3 Å². The minimum Gasteiger partial charge on any atom is -0.314 e. The molecular weight excluding hydrogens is 158 g/mol. The third kappa shape index (κ3) is 3.30. The smallest absolute Gasteiger partial charge is 0.00106 e. The van der Waals surface area contributed by atoms with Crippen molar-refractivity contribution >= 4 is 0 Å². The summed E-state index contributed by atoms with van der Waals surface area (Å²) in [6, 6.07) is 0.652. The average Bonchev–Trinajstić information content (AvgIpc) is 2.02. The van der Waals surface area contributed by atoms with Crippen molar-refractivity contribution in [3.63, 3.8) is 0 Å². The summed E-state index contributed by atoms with van der Waals surface area (Å²) < 4.78 is 0. The number of rotatable bonds is 6. The lowest BCUT2D eigenvalue weighted by atomic mass is 9.66. The van der Waals surface area contributed by atoms with Crippen molar-refractivity contribution < 1.29 is 0 Å². The van der Waals surface area contributed by atoms with Crippen LogP contribution in [0.25, 0.3) is 0 Å². The highest BCUT2D eigenvalue weighted by molar-refractivity contribution is 4.89. The molecule has 1 aliphatic rings. The van der Waals surface area contributed by atoms with Gasteiger partial charge in [-0.05, 0) is 24.7 Å². The van der Waals surface area contributed by atoms with Gasteiger partial charge in [0.15, 0.2) is 0 Å². The van der Waals surface area contributed by atoms with Crippen molar-refractivity contribution in [1.29, 1.82) is 0 Å². The molecular formula is C12H25N. The van der Waals surface area contributed by atoms with Crippen LogP contribution >= 0.6 is 0 Å². The lowest BCUT2D eigenvalue weighted by Crippen LogP contribution is -2.42. The van der Waals surface area contributed by atoms with Crippen LogP contribution in [0.3, 0.4) is 0 Å². The Hall–Kier alpha value is -0.0400. The number of nitrogens with one attached hydrogen (secondary N) is 1. The largest absolute Gasteiger partial charge is 0.314 e. The van der Waals surface area contributed by atoms with Gasteiger partial charge < -0.3 is 5.32 Å². The van der Waals surface area contributed by atoms with E-state index in [4.69, 9.17) is 0 Å². The summed E-state index contributed by atoms with van der Waals surface area (Å²) in [5.41, 5.74) is 0.695. The maximum atomic E-state index is 3.60. The van der Waals surface area contributed by atoms with Crippen LogP contribution < -0.4 is 5.32 Å². The summed E-state index contributed by atoms with van der Waals surface area (Å²) in [5, 5.41) is 3.60. The van der Waals surface area contributed by atoms with Gasteiger partial charge in [0, 0.05) is 12.6 Å². The molecule has 13 heavy (non-hydrogen) atoms. The first kappa shape index (κ1) is 11.0. The molecule has 1 N–H and O–H groups in total. The molecule has 0 unspecified atom stereocenters. The van der Waals surface area contributed by atoms with Crippen LogP contribution in [-0.4, -0.2) is 12.6 Å². The van der Waals surface area contributed by atoms with Gasteiger partial charge in [0.2, 0.25) is 0 Å². The number of hydrogen-bond acceptors (Lipinski definition) is 1. The summed E-state index contributed by atoms with van der Waals surface area (Å²) in [5.74, 6) is 0. The molecule has 0 amide bonds. The lowest BCUT2D eigenvalue weighted by molar-refractivity contribution is 0.110. The van der Waals surface area contributed by atoms with Gasteiger partial charge in [-0.15, -0.1) is 0 Å². The fourth-order valence-corrected chi connectivity index (χ4v) is 2.16. The molecule has 0 aromatic rings. The van der Waals surface area contributed by atoms with E-state index in [1.807, 2.05) is 0 Å². The molecule has 1 fully saturated rings. The first-order chi connectivity index (χ1) is 6.18. The van der Waals surface area contributed by atoms with Crippen LogP contribution in [0.5, 0.6) is 0 Å². The van der Waals surface area contributed by atoms with Gasteiger partial charge >= 0.3 is 0 Å². The van der Waals surface area contributed by atoms with Gasteiger partial charge in [0.1, 0.15) is 0 Å². The van der Waals surface area contributed by atoms with E-state index in [1.54, 1.807) is 0 Å². The van der Waals surface area contributed by atoms with E-state index in [0.717, 1.165) is 0 Å². The van der Waals surface area contributed by atoms with Crippen molar-refractivity contribution in [2.24, 2.45) is 5.41 Å². The summed E-state index contributed by atoms with van der Waals surface area (Å²) >= 11 is 0. The Bertz CT molecular complexity index is 136. The Balaban J connectivity index is 2.23. The predicted molar refractivity (Wildman–Crippen MR) is 58.9 cm³/mol. The third-order valence-corrected chi connectivity index (χ3v) is 3.36. The molecule has 0 atom stereocenters. The van der Waals surface area contributed by atoms with Crippen LogP contribution in [-0.2, 0) is 0 Å². The Morgan fingerprint density at radius 1 is 1.31 bits per heavy atom. The van der Waals surface area contributed by atoms with E-state index in [2.05, 4.69) is 26.1 Å². The van der Waals surface area contributed by atoms with Gasteiger partial charge in [-0.25, -0.2) is 0 Å². The SMILES string of the molecule is CCCCC1(CNC(C)C)CCC1. The summed E-state index contributed by atoms with van der Waals surface area (Å²) in [7, 11) is 0. The number of unbranched alkanes of at least 4 members (excludes halogenated alkanes) is 1. The Morgan fingerprint density at radius 3 is 2.38 bits per heavy atom. The normalized spacial score (nSPS) is 20.3. The number of hydrogen-bond donors (Lipinski definition) is 1. The first-order valence-electron chi connectivity index (χ1n) is 5.92. The molecule has 1 aliphatic carbocycles. The fraction of sp³-hybridized carbons (Fsp3) is 1.00. The van der Waals surface area contributed by atoms with Crippen molar-refractivity contribution in [3.05, 3.63) is 0 Å². The quantitative estimate of drug-likeness (QED) is 0.666. The second-order valence-corrected chi connectivity index (χ2v) is 4.99. The fourth-order valence-electron chi connectivity index (χ4n) is 2.16. The maximum Gasteiger partial charge on any atom is 0.00106 e.